The van der Waals surface area contributed by atoms with E-state index in [0.717, 1.165) is 17.8 Å². The Bertz CT molecular complexity index is 638. The number of ether oxygens (including phenoxy) is 2. The molecule has 4 heteroatoms. The number of carbonyl (C=O) groups is 1. The van der Waals surface area contributed by atoms with E-state index in [0.29, 0.717) is 24.4 Å². The molecule has 25 heavy (non-hydrogen) atoms. The van der Waals surface area contributed by atoms with Gasteiger partial charge in [-0.2, -0.15) is 0 Å². The maximum atomic E-state index is 12.0. The van der Waals surface area contributed by atoms with Gasteiger partial charge in [0.25, 0.3) is 0 Å². The van der Waals surface area contributed by atoms with E-state index in [9.17, 15) is 4.79 Å². The van der Waals surface area contributed by atoms with Crippen molar-refractivity contribution in [2.45, 2.75) is 27.2 Å². The van der Waals surface area contributed by atoms with Crippen LogP contribution < -0.4 is 5.32 Å². The van der Waals surface area contributed by atoms with E-state index in [4.69, 9.17) is 9.47 Å². The quantitative estimate of drug-likeness (QED) is 0.401. The Kier molecular flexibility index (Phi) is 8.54. The molecule has 4 nitrogen and oxygen atoms in total. The standard InChI is InChI=1S/C21H29NO3.H2/c1-7-10-18(21(23)24-6)19(9-3)22-14-16-11-12-25-20(13-15(4)5)17(16)8-2;/h7-10,13,16,22H,2-3,11-12,14H2,1,4-6H3;1H/b10-7-,19-18-;/t16-;/m0./s1. The average Bonchev–Trinajstić information content (AvgIpc) is 2.60. The highest BCUT2D eigenvalue weighted by Crippen LogP contribution is 2.28. The van der Waals surface area contributed by atoms with Crippen LogP contribution in [0.3, 0.4) is 0 Å². The van der Waals surface area contributed by atoms with Crippen LogP contribution in [0.1, 0.15) is 28.6 Å². The second-order valence-electron chi connectivity index (χ2n) is 5.98. The zero-order valence-corrected chi connectivity index (χ0v) is 15.7. The molecule has 0 fully saturated rings. The van der Waals surface area contributed by atoms with Crippen LogP contribution in [0.15, 0.2) is 71.7 Å². The summed E-state index contributed by atoms with van der Waals surface area (Å²) in [6.07, 6.45) is 9.93. The second kappa shape index (κ2) is 10.4. The van der Waals surface area contributed by atoms with Crippen molar-refractivity contribution >= 4 is 5.97 Å². The van der Waals surface area contributed by atoms with Gasteiger partial charge in [0.05, 0.1) is 19.3 Å². The van der Waals surface area contributed by atoms with Gasteiger partial charge in [0.15, 0.2) is 0 Å². The van der Waals surface area contributed by atoms with Gasteiger partial charge in [-0.3, -0.25) is 0 Å². The van der Waals surface area contributed by atoms with Crippen LogP contribution in [0.2, 0.25) is 0 Å². The van der Waals surface area contributed by atoms with Crippen LogP contribution in [0.25, 0.3) is 0 Å². The number of nitrogens with one attached hydrogen (secondary N) is 1. The first-order valence-electron chi connectivity index (χ1n) is 8.44. The first kappa shape index (κ1) is 20.6. The van der Waals surface area contributed by atoms with Crippen LogP contribution in [0, 0.1) is 5.92 Å². The first-order chi connectivity index (χ1) is 12.0. The highest BCUT2D eigenvalue weighted by atomic mass is 16.5. The van der Waals surface area contributed by atoms with Gasteiger partial charge in [-0.15, -0.1) is 0 Å². The molecule has 138 valence electrons. The zero-order valence-electron chi connectivity index (χ0n) is 15.7. The third-order valence-electron chi connectivity index (χ3n) is 3.86. The van der Waals surface area contributed by atoms with Crippen molar-refractivity contribution in [2.75, 3.05) is 20.3 Å². The van der Waals surface area contributed by atoms with Crippen LogP contribution in [0.4, 0.5) is 0 Å². The normalized spacial score (nSPS) is 18.2. The summed E-state index contributed by atoms with van der Waals surface area (Å²) in [6.45, 7) is 15.0. The topological polar surface area (TPSA) is 47.6 Å². The van der Waals surface area contributed by atoms with Crippen LogP contribution in [-0.2, 0) is 14.3 Å². The molecule has 1 N–H and O–H groups in total. The van der Waals surface area contributed by atoms with Crippen molar-refractivity contribution in [1.29, 1.82) is 0 Å². The summed E-state index contributed by atoms with van der Waals surface area (Å²) in [6, 6.07) is 0. The average molecular weight is 345 g/mol. The summed E-state index contributed by atoms with van der Waals surface area (Å²) >= 11 is 0. The minimum atomic E-state index is -0.391. The Morgan fingerprint density at radius 3 is 2.68 bits per heavy atom. The summed E-state index contributed by atoms with van der Waals surface area (Å²) in [5.74, 6) is 0.729. The molecule has 0 aromatic heterocycles. The molecule has 0 saturated carbocycles. The van der Waals surface area contributed by atoms with Crippen molar-refractivity contribution in [2.24, 2.45) is 5.92 Å². The highest BCUT2D eigenvalue weighted by molar-refractivity contribution is 5.92. The SMILES string of the molecule is C=CC1=C(C=C(C)C)OCC[C@H]1CN/C(C=C)=C(/C=C\C)C(=O)OC.[HH]. The van der Waals surface area contributed by atoms with Crippen molar-refractivity contribution in [3.8, 4) is 0 Å². The van der Waals surface area contributed by atoms with E-state index in [1.807, 2.05) is 32.9 Å². The molecule has 1 aliphatic rings. The van der Waals surface area contributed by atoms with Gasteiger partial charge in [0, 0.05) is 19.6 Å². The smallest absolute Gasteiger partial charge is 0.339 e. The molecule has 0 radical (unpaired) electrons. The minimum absolute atomic E-state index is 0. The first-order valence-corrected chi connectivity index (χ1v) is 8.44. The molecule has 1 aliphatic heterocycles. The van der Waals surface area contributed by atoms with Crippen LogP contribution in [0.5, 0.6) is 0 Å². The van der Waals surface area contributed by atoms with Gasteiger partial charge in [0.1, 0.15) is 5.76 Å². The van der Waals surface area contributed by atoms with Gasteiger partial charge < -0.3 is 14.8 Å². The molecule has 0 aromatic carbocycles. The lowest BCUT2D eigenvalue weighted by atomic mass is 9.92. The van der Waals surface area contributed by atoms with Gasteiger partial charge in [-0.25, -0.2) is 4.79 Å². The molecular formula is C21H31NO3. The number of methoxy groups -OCH3 is 1. The summed E-state index contributed by atoms with van der Waals surface area (Å²) in [5.41, 5.74) is 3.37. The lowest BCUT2D eigenvalue weighted by Crippen LogP contribution is -2.28. The van der Waals surface area contributed by atoms with E-state index in [-0.39, 0.29) is 7.34 Å². The Morgan fingerprint density at radius 1 is 1.44 bits per heavy atom. The number of hydrogen-bond donors (Lipinski definition) is 1. The number of rotatable bonds is 8. The predicted molar refractivity (Wildman–Crippen MR) is 105 cm³/mol. The summed E-state index contributed by atoms with van der Waals surface area (Å²) in [4.78, 5) is 12.0. The van der Waals surface area contributed by atoms with E-state index in [2.05, 4.69) is 18.5 Å². The third-order valence-corrected chi connectivity index (χ3v) is 3.86. The van der Waals surface area contributed by atoms with Gasteiger partial charge in [0.2, 0.25) is 0 Å². The fourth-order valence-corrected chi connectivity index (χ4v) is 2.67. The molecular weight excluding hydrogens is 314 g/mol. The highest BCUT2D eigenvalue weighted by Gasteiger charge is 2.22. The lowest BCUT2D eigenvalue weighted by molar-refractivity contribution is -0.135. The van der Waals surface area contributed by atoms with Crippen molar-refractivity contribution < 1.29 is 15.7 Å². The fourth-order valence-electron chi connectivity index (χ4n) is 2.67. The fraction of sp³-hybridized carbons (Fsp3) is 0.381. The van der Waals surface area contributed by atoms with Crippen LogP contribution in [-0.4, -0.2) is 26.2 Å². The zero-order chi connectivity index (χ0) is 18.8. The summed E-state index contributed by atoms with van der Waals surface area (Å²) in [5, 5.41) is 3.33. The maximum Gasteiger partial charge on any atom is 0.339 e. The monoisotopic (exact) mass is 345 g/mol. The van der Waals surface area contributed by atoms with Crippen molar-refractivity contribution in [1.82, 2.24) is 5.32 Å². The molecule has 0 bridgehead atoms. The van der Waals surface area contributed by atoms with E-state index < -0.39 is 5.97 Å². The molecule has 0 saturated heterocycles. The van der Waals surface area contributed by atoms with E-state index in [1.54, 1.807) is 18.2 Å². The number of esters is 1. The predicted octanol–water partition coefficient (Wildman–Crippen LogP) is 4.45. The molecule has 0 amide bonds. The maximum absolute atomic E-state index is 12.0. The lowest BCUT2D eigenvalue weighted by Gasteiger charge is -2.27. The molecule has 1 atom stereocenters. The summed E-state index contributed by atoms with van der Waals surface area (Å²) in [7, 11) is 1.37. The molecule has 0 spiro atoms. The summed E-state index contributed by atoms with van der Waals surface area (Å²) < 4.78 is 10.6. The van der Waals surface area contributed by atoms with E-state index >= 15 is 0 Å². The number of carbonyl (C=O) groups excluding carboxylic acids is 1. The second-order valence-corrected chi connectivity index (χ2v) is 5.98. The number of allylic oxidation sites excluding steroid dienone is 5. The van der Waals surface area contributed by atoms with E-state index in [1.165, 1.54) is 12.7 Å². The third kappa shape index (κ3) is 5.82. The molecule has 1 rings (SSSR count). The minimum Gasteiger partial charge on any atom is -0.493 e. The Labute approximate surface area is 152 Å². The van der Waals surface area contributed by atoms with Gasteiger partial charge in [-0.05, 0) is 51.0 Å². The number of hydrogen-bond acceptors (Lipinski definition) is 4. The Hall–Kier alpha value is -2.49. The van der Waals surface area contributed by atoms with Crippen molar-refractivity contribution in [3.63, 3.8) is 0 Å². The Balaban J connectivity index is 0.00000625. The molecule has 1 heterocycles. The largest absolute Gasteiger partial charge is 0.493 e. The van der Waals surface area contributed by atoms with Crippen molar-refractivity contribution in [3.05, 3.63) is 71.7 Å². The molecule has 0 aliphatic carbocycles. The molecule has 0 aromatic rings. The van der Waals surface area contributed by atoms with Gasteiger partial charge >= 0.3 is 5.97 Å². The molecule has 0 unspecified atom stereocenters. The van der Waals surface area contributed by atoms with Gasteiger partial charge in [-0.1, -0.05) is 30.9 Å². The Morgan fingerprint density at radius 2 is 2.16 bits per heavy atom. The van der Waals surface area contributed by atoms with Crippen LogP contribution >= 0.6 is 0 Å².